The number of hydrogen-bond donors (Lipinski definition) is 0. The van der Waals surface area contributed by atoms with Crippen molar-refractivity contribution in [2.24, 2.45) is 0 Å². The first-order valence-electron chi connectivity index (χ1n) is 5.22. The predicted octanol–water partition coefficient (Wildman–Crippen LogP) is 3.71. The number of hydrogen-bond acceptors (Lipinski definition) is 3. The van der Waals surface area contributed by atoms with Gasteiger partial charge in [-0.1, -0.05) is 24.3 Å². The van der Waals surface area contributed by atoms with Gasteiger partial charge in [-0.2, -0.15) is 0 Å². The average molecular weight is 258 g/mol. The Morgan fingerprint density at radius 3 is 2.35 bits per heavy atom. The molecule has 3 nitrogen and oxygen atoms in total. The Labute approximate surface area is 101 Å². The molecule has 0 fully saturated rings. The van der Waals surface area contributed by atoms with E-state index in [0.717, 1.165) is 5.56 Å². The molecule has 0 aliphatic heterocycles. The zero-order valence-corrected chi connectivity index (χ0v) is 10.8. The predicted molar refractivity (Wildman–Crippen MR) is 66.5 cm³/mol. The van der Waals surface area contributed by atoms with Crippen molar-refractivity contribution in [2.75, 3.05) is 20.4 Å². The maximum absolute atomic E-state index is 12.6. The normalized spacial score (nSPS) is 12.2. The van der Waals surface area contributed by atoms with Crippen LogP contribution in [0.5, 0.6) is 0 Å². The fourth-order valence-corrected chi connectivity index (χ4v) is 2.26. The summed E-state index contributed by atoms with van der Waals surface area (Å²) in [5.74, 6) is -0.259. The summed E-state index contributed by atoms with van der Waals surface area (Å²) < 4.78 is 33.9. The fraction of sp³-hybridized carbons (Fsp3) is 0.333. The first-order valence-corrected chi connectivity index (χ1v) is 6.95. The van der Waals surface area contributed by atoms with Crippen molar-refractivity contribution >= 4 is 13.7 Å². The van der Waals surface area contributed by atoms with E-state index in [2.05, 4.69) is 0 Å². The fourth-order valence-electron chi connectivity index (χ4n) is 1.28. The van der Waals surface area contributed by atoms with Gasteiger partial charge in [-0.3, -0.25) is 4.57 Å². The van der Waals surface area contributed by atoms with Crippen molar-refractivity contribution in [3.63, 3.8) is 0 Å². The summed E-state index contributed by atoms with van der Waals surface area (Å²) >= 11 is 0. The van der Waals surface area contributed by atoms with Crippen molar-refractivity contribution in [2.45, 2.75) is 6.42 Å². The maximum Gasteiger partial charge on any atom is 0.330 e. The van der Waals surface area contributed by atoms with Gasteiger partial charge in [0.1, 0.15) is 5.82 Å². The molecule has 0 aliphatic carbocycles. The topological polar surface area (TPSA) is 35.5 Å². The highest BCUT2D eigenvalue weighted by atomic mass is 31.2. The average Bonchev–Trinajstić information content (AvgIpc) is 2.36. The molecular weight excluding hydrogens is 242 g/mol. The summed E-state index contributed by atoms with van der Waals surface area (Å²) in [5, 5.41) is 0. The number of rotatable bonds is 6. The lowest BCUT2D eigenvalue weighted by Crippen LogP contribution is -1.93. The molecule has 0 amide bonds. The molecule has 94 valence electrons. The van der Waals surface area contributed by atoms with Crippen LogP contribution in [0.15, 0.2) is 30.3 Å². The zero-order valence-electron chi connectivity index (χ0n) is 9.93. The SMILES string of the molecule is COP(=O)(CC/C=C/c1ccc(F)cc1)OC. The molecule has 1 aromatic carbocycles. The largest absolute Gasteiger partial charge is 0.330 e. The lowest BCUT2D eigenvalue weighted by atomic mass is 10.2. The third-order valence-corrected chi connectivity index (χ3v) is 4.22. The smallest absolute Gasteiger partial charge is 0.312 e. The van der Waals surface area contributed by atoms with E-state index in [0.29, 0.717) is 12.6 Å². The van der Waals surface area contributed by atoms with Crippen molar-refractivity contribution in [1.82, 2.24) is 0 Å². The molecule has 0 atom stereocenters. The minimum Gasteiger partial charge on any atom is -0.312 e. The molecule has 0 saturated heterocycles. The molecule has 1 rings (SSSR count). The van der Waals surface area contributed by atoms with Crippen LogP contribution in [-0.4, -0.2) is 20.4 Å². The number of benzene rings is 1. The third kappa shape index (κ3) is 4.82. The van der Waals surface area contributed by atoms with Crippen LogP contribution in [0.3, 0.4) is 0 Å². The van der Waals surface area contributed by atoms with Crippen molar-refractivity contribution < 1.29 is 18.0 Å². The Morgan fingerprint density at radius 1 is 1.24 bits per heavy atom. The Kier molecular flexibility index (Phi) is 5.56. The van der Waals surface area contributed by atoms with Crippen LogP contribution in [0.2, 0.25) is 0 Å². The summed E-state index contributed by atoms with van der Waals surface area (Å²) in [4.78, 5) is 0. The first kappa shape index (κ1) is 14.1. The van der Waals surface area contributed by atoms with Gasteiger partial charge in [-0.05, 0) is 24.1 Å². The molecule has 0 heterocycles. The van der Waals surface area contributed by atoms with Gasteiger partial charge < -0.3 is 9.05 Å². The second kappa shape index (κ2) is 6.70. The lowest BCUT2D eigenvalue weighted by molar-refractivity contribution is 0.276. The molecule has 5 heteroatoms. The molecule has 0 saturated carbocycles. The highest BCUT2D eigenvalue weighted by Crippen LogP contribution is 2.46. The Balaban J connectivity index is 2.46. The third-order valence-electron chi connectivity index (χ3n) is 2.31. The second-order valence-corrected chi connectivity index (χ2v) is 5.84. The van der Waals surface area contributed by atoms with Gasteiger partial charge in [0.25, 0.3) is 0 Å². The van der Waals surface area contributed by atoms with Gasteiger partial charge in [0.05, 0.1) is 6.16 Å². The maximum atomic E-state index is 12.6. The van der Waals surface area contributed by atoms with E-state index in [1.54, 1.807) is 12.1 Å². The van der Waals surface area contributed by atoms with Gasteiger partial charge in [0.15, 0.2) is 0 Å². The minimum absolute atomic E-state index is 0.259. The van der Waals surface area contributed by atoms with Crippen LogP contribution in [0, 0.1) is 5.82 Å². The van der Waals surface area contributed by atoms with Gasteiger partial charge in [-0.25, -0.2) is 4.39 Å². The van der Waals surface area contributed by atoms with Crippen LogP contribution in [0.1, 0.15) is 12.0 Å². The van der Waals surface area contributed by atoms with E-state index in [9.17, 15) is 8.96 Å². The minimum atomic E-state index is -2.92. The zero-order chi connectivity index (χ0) is 12.7. The first-order chi connectivity index (χ1) is 8.09. The van der Waals surface area contributed by atoms with E-state index < -0.39 is 7.60 Å². The summed E-state index contributed by atoms with van der Waals surface area (Å²) in [7, 11) is -0.183. The highest BCUT2D eigenvalue weighted by Gasteiger charge is 2.18. The van der Waals surface area contributed by atoms with Crippen molar-refractivity contribution in [3.05, 3.63) is 41.7 Å². The summed E-state index contributed by atoms with van der Waals surface area (Å²) in [5.41, 5.74) is 0.899. The van der Waals surface area contributed by atoms with E-state index >= 15 is 0 Å². The standard InChI is InChI=1S/C12H16FO3P/c1-15-17(14,16-2)10-4-3-5-11-6-8-12(13)9-7-11/h3,5-9H,4,10H2,1-2H3/b5-3+. The quantitative estimate of drug-likeness (QED) is 0.729. The van der Waals surface area contributed by atoms with Gasteiger partial charge in [-0.15, -0.1) is 0 Å². The van der Waals surface area contributed by atoms with E-state index in [1.807, 2.05) is 12.2 Å². The molecule has 0 N–H and O–H groups in total. The monoisotopic (exact) mass is 258 g/mol. The van der Waals surface area contributed by atoms with Crippen molar-refractivity contribution in [1.29, 1.82) is 0 Å². The van der Waals surface area contributed by atoms with Crippen LogP contribution in [0.25, 0.3) is 6.08 Å². The van der Waals surface area contributed by atoms with Crippen LogP contribution >= 0.6 is 7.60 Å². The molecule has 0 aliphatic rings. The molecular formula is C12H16FO3P. The summed E-state index contributed by atoms with van der Waals surface area (Å²) in [6, 6.07) is 6.15. The molecule has 0 unspecified atom stereocenters. The second-order valence-electron chi connectivity index (χ2n) is 3.44. The molecule has 0 radical (unpaired) electrons. The number of allylic oxidation sites excluding steroid dienone is 1. The Morgan fingerprint density at radius 2 is 1.82 bits per heavy atom. The van der Waals surface area contributed by atoms with Crippen molar-refractivity contribution in [3.8, 4) is 0 Å². The van der Waals surface area contributed by atoms with Crippen LogP contribution in [-0.2, 0) is 13.6 Å². The molecule has 1 aromatic rings. The molecule has 0 bridgehead atoms. The van der Waals surface area contributed by atoms with Gasteiger partial charge >= 0.3 is 7.60 Å². The number of halogens is 1. The van der Waals surface area contributed by atoms with E-state index in [-0.39, 0.29) is 5.82 Å². The van der Waals surface area contributed by atoms with Crippen LogP contribution in [0.4, 0.5) is 4.39 Å². The molecule has 0 aromatic heterocycles. The van der Waals surface area contributed by atoms with Gasteiger partial charge in [0.2, 0.25) is 0 Å². The highest BCUT2D eigenvalue weighted by molar-refractivity contribution is 7.53. The van der Waals surface area contributed by atoms with Gasteiger partial charge in [0, 0.05) is 14.2 Å². The summed E-state index contributed by atoms with van der Waals surface area (Å²) in [6.07, 6.45) is 4.61. The van der Waals surface area contributed by atoms with Crippen LogP contribution < -0.4 is 0 Å². The van der Waals surface area contributed by atoms with E-state index in [1.165, 1.54) is 26.4 Å². The molecule has 0 spiro atoms. The molecule has 17 heavy (non-hydrogen) atoms. The van der Waals surface area contributed by atoms with E-state index in [4.69, 9.17) is 9.05 Å². The summed E-state index contributed by atoms with van der Waals surface area (Å²) in [6.45, 7) is 0. The Bertz CT molecular complexity index is 406. The lowest BCUT2D eigenvalue weighted by Gasteiger charge is -2.11. The Hall–Kier alpha value is -0.960.